The van der Waals surface area contributed by atoms with Crippen molar-refractivity contribution in [1.29, 1.82) is 0 Å². The summed E-state index contributed by atoms with van der Waals surface area (Å²) in [6, 6.07) is 2.05. The minimum absolute atomic E-state index is 0.0267. The topological polar surface area (TPSA) is 45.3 Å². The van der Waals surface area contributed by atoms with Gasteiger partial charge in [0.25, 0.3) is 5.91 Å². The molecule has 2 atom stereocenters. The molecule has 0 saturated carbocycles. The Morgan fingerprint density at radius 2 is 2.35 bits per heavy atom. The molecule has 2 saturated heterocycles. The minimum atomic E-state index is -0.0851. The molecule has 2 unspecified atom stereocenters. The lowest BCUT2D eigenvalue weighted by molar-refractivity contribution is -0.136. The summed E-state index contributed by atoms with van der Waals surface area (Å²) in [5, 5.41) is 2.22. The van der Waals surface area contributed by atoms with E-state index in [1.165, 1.54) is 0 Å². The Morgan fingerprint density at radius 3 is 3.22 bits per heavy atom. The van der Waals surface area contributed by atoms with Gasteiger partial charge in [0.15, 0.2) is 0 Å². The standard InChI is InChI=1S/C19H24N2O2/c1-2-7-19-8-3-10-21(19)18(22)16-5-4-14-6-9-20-17(14)11-15(16)12-23-13-19/h4-6,9,11,15,20H,2-3,7-8,10,12-13H2,1H3. The summed E-state index contributed by atoms with van der Waals surface area (Å²) in [5.41, 5.74) is 0.787. The van der Waals surface area contributed by atoms with E-state index in [1.807, 2.05) is 18.3 Å². The largest absolute Gasteiger partial charge is 0.378 e. The van der Waals surface area contributed by atoms with Crippen LogP contribution in [-0.4, -0.2) is 41.1 Å². The molecule has 2 fully saturated rings. The Morgan fingerprint density at radius 1 is 1.43 bits per heavy atom. The smallest absolute Gasteiger partial charge is 0.251 e. The lowest BCUT2D eigenvalue weighted by atomic mass is 9.88. The number of carbonyl (C=O) groups excluding carboxylic acids is 1. The van der Waals surface area contributed by atoms with E-state index in [4.69, 9.17) is 4.74 Å². The molecule has 0 spiro atoms. The zero-order valence-corrected chi connectivity index (χ0v) is 13.7. The molecule has 3 aliphatic rings. The molecule has 1 N–H and O–H groups in total. The molecule has 4 heteroatoms. The number of hydrogen-bond donors (Lipinski definition) is 1. The van der Waals surface area contributed by atoms with Crippen LogP contribution >= 0.6 is 0 Å². The summed E-state index contributed by atoms with van der Waals surface area (Å²) in [4.78, 5) is 18.6. The summed E-state index contributed by atoms with van der Waals surface area (Å²) >= 11 is 0. The number of amides is 1. The van der Waals surface area contributed by atoms with Crippen LogP contribution in [0.1, 0.15) is 32.6 Å². The first-order chi connectivity index (χ1) is 11.2. The number of nitrogens with one attached hydrogen (secondary N) is 1. The van der Waals surface area contributed by atoms with Crippen LogP contribution in [0.25, 0.3) is 12.2 Å². The van der Waals surface area contributed by atoms with Gasteiger partial charge in [0.1, 0.15) is 0 Å². The van der Waals surface area contributed by atoms with Crippen LogP contribution in [0, 0.1) is 5.92 Å². The van der Waals surface area contributed by atoms with E-state index in [1.54, 1.807) is 0 Å². The number of H-pyrrole nitrogens is 1. The van der Waals surface area contributed by atoms with Gasteiger partial charge in [0.2, 0.25) is 0 Å². The highest BCUT2D eigenvalue weighted by Crippen LogP contribution is 2.38. The molecule has 0 aromatic carbocycles. The first-order valence-corrected chi connectivity index (χ1v) is 8.70. The number of carbonyl (C=O) groups is 1. The molecule has 1 amide bonds. The van der Waals surface area contributed by atoms with Gasteiger partial charge in [0.05, 0.1) is 18.8 Å². The van der Waals surface area contributed by atoms with Crippen LogP contribution in [0.3, 0.4) is 0 Å². The van der Waals surface area contributed by atoms with Crippen molar-refractivity contribution in [3.05, 3.63) is 34.5 Å². The molecule has 1 aromatic heterocycles. The van der Waals surface area contributed by atoms with Gasteiger partial charge in [-0.2, -0.15) is 0 Å². The molecular weight excluding hydrogens is 288 g/mol. The Balaban J connectivity index is 1.76. The summed E-state index contributed by atoms with van der Waals surface area (Å²) in [5.74, 6) is 0.237. The molecule has 0 radical (unpaired) electrons. The molecule has 1 aromatic rings. The van der Waals surface area contributed by atoms with Crippen molar-refractivity contribution in [2.45, 2.75) is 38.1 Å². The van der Waals surface area contributed by atoms with Gasteiger partial charge in [-0.1, -0.05) is 31.6 Å². The van der Waals surface area contributed by atoms with E-state index in [0.29, 0.717) is 13.2 Å². The van der Waals surface area contributed by atoms with Crippen LogP contribution in [0.15, 0.2) is 23.9 Å². The predicted octanol–water partition coefficient (Wildman–Crippen LogP) is 1.32. The molecule has 0 bridgehead atoms. The van der Waals surface area contributed by atoms with Crippen molar-refractivity contribution in [2.24, 2.45) is 5.92 Å². The molecule has 3 heterocycles. The van der Waals surface area contributed by atoms with E-state index in [0.717, 1.165) is 48.4 Å². The zero-order chi connectivity index (χ0) is 15.9. The third kappa shape index (κ3) is 2.36. The Hall–Kier alpha value is -1.81. The monoisotopic (exact) mass is 312 g/mol. The van der Waals surface area contributed by atoms with Crippen molar-refractivity contribution in [1.82, 2.24) is 9.88 Å². The third-order valence-corrected chi connectivity index (χ3v) is 5.49. The first kappa shape index (κ1) is 14.8. The van der Waals surface area contributed by atoms with Gasteiger partial charge in [-0.3, -0.25) is 4.79 Å². The lowest BCUT2D eigenvalue weighted by Gasteiger charge is -2.41. The molecule has 2 aliphatic heterocycles. The normalized spacial score (nSPS) is 30.0. The van der Waals surface area contributed by atoms with Gasteiger partial charge in [-0.25, -0.2) is 0 Å². The van der Waals surface area contributed by atoms with Crippen LogP contribution in [0.4, 0.5) is 0 Å². The number of hydrogen-bond acceptors (Lipinski definition) is 2. The molecule has 1 aliphatic carbocycles. The number of ether oxygens (including phenoxy) is 1. The van der Waals surface area contributed by atoms with Gasteiger partial charge in [-0.15, -0.1) is 0 Å². The zero-order valence-electron chi connectivity index (χ0n) is 13.7. The number of allylic oxidation sites excluding steroid dienone is 1. The minimum Gasteiger partial charge on any atom is -0.378 e. The summed E-state index contributed by atoms with van der Waals surface area (Å²) in [6.07, 6.45) is 12.4. The van der Waals surface area contributed by atoms with E-state index < -0.39 is 0 Å². The highest BCUT2D eigenvalue weighted by atomic mass is 16.5. The lowest BCUT2D eigenvalue weighted by Crippen LogP contribution is -2.53. The second-order valence-corrected chi connectivity index (χ2v) is 6.96. The van der Waals surface area contributed by atoms with Crippen molar-refractivity contribution >= 4 is 18.1 Å². The fourth-order valence-corrected chi connectivity index (χ4v) is 4.38. The maximum absolute atomic E-state index is 13.3. The average molecular weight is 312 g/mol. The number of fused-ring (bicyclic) bond motifs is 3. The maximum atomic E-state index is 13.3. The first-order valence-electron chi connectivity index (χ1n) is 8.70. The van der Waals surface area contributed by atoms with E-state index in [2.05, 4.69) is 29.0 Å². The summed E-state index contributed by atoms with van der Waals surface area (Å²) in [6.45, 7) is 4.31. The van der Waals surface area contributed by atoms with E-state index in [9.17, 15) is 4.79 Å². The van der Waals surface area contributed by atoms with Crippen LogP contribution in [0.2, 0.25) is 0 Å². The fraction of sp³-hybridized carbons (Fsp3) is 0.526. The summed E-state index contributed by atoms with van der Waals surface area (Å²) in [7, 11) is 0. The highest BCUT2D eigenvalue weighted by Gasteiger charge is 2.45. The van der Waals surface area contributed by atoms with Crippen LogP contribution in [-0.2, 0) is 9.53 Å². The average Bonchev–Trinajstić information content (AvgIpc) is 3.10. The van der Waals surface area contributed by atoms with Crippen molar-refractivity contribution in [2.75, 3.05) is 19.8 Å². The molecule has 23 heavy (non-hydrogen) atoms. The molecular formula is C19H24N2O2. The second kappa shape index (κ2) is 5.68. The molecule has 4 rings (SSSR count). The molecule has 122 valence electrons. The quantitative estimate of drug-likeness (QED) is 0.895. The predicted molar refractivity (Wildman–Crippen MR) is 90.0 cm³/mol. The Bertz CT molecular complexity index is 761. The highest BCUT2D eigenvalue weighted by molar-refractivity contribution is 5.97. The number of nitrogens with zero attached hydrogens (tertiary/aromatic N) is 1. The van der Waals surface area contributed by atoms with Gasteiger partial charge >= 0.3 is 0 Å². The Labute approximate surface area is 136 Å². The third-order valence-electron chi connectivity index (χ3n) is 5.49. The van der Waals surface area contributed by atoms with E-state index in [-0.39, 0.29) is 17.4 Å². The second-order valence-electron chi connectivity index (χ2n) is 6.96. The number of rotatable bonds is 2. The van der Waals surface area contributed by atoms with E-state index >= 15 is 0 Å². The number of aromatic nitrogens is 1. The van der Waals surface area contributed by atoms with Gasteiger partial charge in [-0.05, 0) is 30.5 Å². The van der Waals surface area contributed by atoms with Crippen LogP contribution < -0.4 is 10.6 Å². The molecule has 4 nitrogen and oxygen atoms in total. The van der Waals surface area contributed by atoms with Crippen LogP contribution in [0.5, 0.6) is 0 Å². The Kier molecular flexibility index (Phi) is 3.64. The SMILES string of the molecule is CCCC12CCCN1C(=O)C1=CC=c3cc[nH]c3=CC1COC2. The number of aromatic amines is 1. The van der Waals surface area contributed by atoms with Crippen molar-refractivity contribution < 1.29 is 9.53 Å². The summed E-state index contributed by atoms with van der Waals surface area (Å²) < 4.78 is 6.12. The van der Waals surface area contributed by atoms with Crippen molar-refractivity contribution in [3.63, 3.8) is 0 Å². The van der Waals surface area contributed by atoms with Gasteiger partial charge in [0, 0.05) is 29.6 Å². The van der Waals surface area contributed by atoms with Gasteiger partial charge < -0.3 is 14.6 Å². The fourth-order valence-electron chi connectivity index (χ4n) is 4.38. The maximum Gasteiger partial charge on any atom is 0.251 e. The van der Waals surface area contributed by atoms with Crippen molar-refractivity contribution in [3.8, 4) is 0 Å².